The Morgan fingerprint density at radius 2 is 1.86 bits per heavy atom. The topological polar surface area (TPSA) is 106 Å². The summed E-state index contributed by atoms with van der Waals surface area (Å²) < 4.78 is 30.2. The molecule has 1 heterocycles. The van der Waals surface area contributed by atoms with E-state index in [9.17, 15) is 18.0 Å². The number of carbonyl (C=O) groups is 2. The SMILES string of the molecule is CN(C)S(=O)(=O)c1cccc(NC(=O)COC(=O)c2ncc(Cl)c(Cl)c2Cl)c1. The first kappa shape index (κ1) is 22.4. The van der Waals surface area contributed by atoms with E-state index in [1.165, 1.54) is 38.4 Å². The minimum Gasteiger partial charge on any atom is -0.451 e. The standard InChI is InChI=1S/C16H14Cl3N3O5S/c1-22(2)28(25,26)10-5-3-4-9(6-10)21-12(23)8-27-16(24)15-14(19)13(18)11(17)7-20-15/h3-7H,8H2,1-2H3,(H,21,23). The molecule has 0 spiro atoms. The number of sulfonamides is 1. The van der Waals surface area contributed by atoms with Crippen LogP contribution >= 0.6 is 34.8 Å². The van der Waals surface area contributed by atoms with Crippen LogP contribution in [0, 0.1) is 0 Å². The van der Waals surface area contributed by atoms with E-state index in [0.29, 0.717) is 0 Å². The first-order valence-corrected chi connectivity index (χ1v) is 10.1. The molecule has 0 aliphatic carbocycles. The average molecular weight is 467 g/mol. The van der Waals surface area contributed by atoms with Gasteiger partial charge in [0.25, 0.3) is 5.91 Å². The molecule has 1 amide bonds. The quantitative estimate of drug-likeness (QED) is 0.656. The second-order valence-electron chi connectivity index (χ2n) is 5.52. The van der Waals surface area contributed by atoms with Gasteiger partial charge < -0.3 is 10.1 Å². The Hall–Kier alpha value is -1.91. The summed E-state index contributed by atoms with van der Waals surface area (Å²) in [5.41, 5.74) is -0.0717. The summed E-state index contributed by atoms with van der Waals surface area (Å²) in [5.74, 6) is -1.66. The van der Waals surface area contributed by atoms with Gasteiger partial charge in [-0.3, -0.25) is 4.79 Å². The molecule has 12 heteroatoms. The number of hydrogen-bond donors (Lipinski definition) is 1. The highest BCUT2D eigenvalue weighted by Crippen LogP contribution is 2.31. The maximum atomic E-state index is 12.1. The van der Waals surface area contributed by atoms with Gasteiger partial charge in [0, 0.05) is 26.0 Å². The third kappa shape index (κ3) is 5.12. The van der Waals surface area contributed by atoms with Crippen molar-refractivity contribution in [3.05, 3.63) is 51.2 Å². The highest BCUT2D eigenvalue weighted by atomic mass is 35.5. The van der Waals surface area contributed by atoms with Crippen LogP contribution in [0.25, 0.3) is 0 Å². The number of amides is 1. The van der Waals surface area contributed by atoms with E-state index in [-0.39, 0.29) is 31.3 Å². The van der Waals surface area contributed by atoms with Gasteiger partial charge in [-0.25, -0.2) is 22.5 Å². The fraction of sp³-hybridized carbons (Fsp3) is 0.188. The van der Waals surface area contributed by atoms with Crippen LogP contribution in [-0.2, 0) is 19.6 Å². The maximum Gasteiger partial charge on any atom is 0.359 e. The normalized spacial score (nSPS) is 11.4. The van der Waals surface area contributed by atoms with Gasteiger partial charge in [0.05, 0.1) is 20.0 Å². The van der Waals surface area contributed by atoms with Gasteiger partial charge in [-0.1, -0.05) is 40.9 Å². The minimum atomic E-state index is -3.66. The molecule has 8 nitrogen and oxygen atoms in total. The summed E-state index contributed by atoms with van der Waals surface area (Å²) in [6.07, 6.45) is 1.13. The van der Waals surface area contributed by atoms with Crippen molar-refractivity contribution in [1.82, 2.24) is 9.29 Å². The first-order chi connectivity index (χ1) is 13.0. The van der Waals surface area contributed by atoms with Gasteiger partial charge in [-0.2, -0.15) is 0 Å². The summed E-state index contributed by atoms with van der Waals surface area (Å²) in [5, 5.41) is 2.24. The minimum absolute atomic E-state index is 0.000849. The van der Waals surface area contributed by atoms with Crippen molar-refractivity contribution in [2.24, 2.45) is 0 Å². The molecule has 28 heavy (non-hydrogen) atoms. The monoisotopic (exact) mass is 465 g/mol. The molecule has 0 saturated carbocycles. The van der Waals surface area contributed by atoms with Crippen LogP contribution in [0.2, 0.25) is 15.1 Å². The number of hydrogen-bond acceptors (Lipinski definition) is 6. The van der Waals surface area contributed by atoms with Gasteiger partial charge >= 0.3 is 5.97 Å². The molecule has 0 aliphatic heterocycles. The molecule has 0 radical (unpaired) electrons. The molecule has 0 atom stereocenters. The fourth-order valence-corrected chi connectivity index (χ4v) is 3.43. The molecule has 0 unspecified atom stereocenters. The van der Waals surface area contributed by atoms with Crippen molar-refractivity contribution in [3.8, 4) is 0 Å². The summed E-state index contributed by atoms with van der Waals surface area (Å²) in [7, 11) is -0.877. The largest absolute Gasteiger partial charge is 0.451 e. The highest BCUT2D eigenvalue weighted by molar-refractivity contribution is 7.89. The van der Waals surface area contributed by atoms with Gasteiger partial charge in [0.1, 0.15) is 0 Å². The van der Waals surface area contributed by atoms with E-state index in [1.54, 1.807) is 0 Å². The maximum absolute atomic E-state index is 12.1. The molecular weight excluding hydrogens is 453 g/mol. The predicted molar refractivity (Wildman–Crippen MR) is 105 cm³/mol. The Morgan fingerprint density at radius 1 is 1.18 bits per heavy atom. The summed E-state index contributed by atoms with van der Waals surface area (Å²) >= 11 is 17.4. The van der Waals surface area contributed by atoms with Crippen LogP contribution in [0.15, 0.2) is 35.4 Å². The molecular formula is C16H14Cl3N3O5S. The van der Waals surface area contributed by atoms with Crippen molar-refractivity contribution in [2.45, 2.75) is 4.90 Å². The molecule has 0 fully saturated rings. The lowest BCUT2D eigenvalue weighted by Crippen LogP contribution is -2.23. The molecule has 1 aromatic carbocycles. The third-order valence-corrected chi connectivity index (χ3v) is 6.39. The van der Waals surface area contributed by atoms with Gasteiger partial charge in [-0.15, -0.1) is 0 Å². The van der Waals surface area contributed by atoms with Crippen molar-refractivity contribution in [2.75, 3.05) is 26.0 Å². The van der Waals surface area contributed by atoms with Crippen LogP contribution in [0.5, 0.6) is 0 Å². The number of pyridine rings is 1. The zero-order chi connectivity index (χ0) is 21.1. The van der Waals surface area contributed by atoms with Crippen LogP contribution in [0.1, 0.15) is 10.5 Å². The lowest BCUT2D eigenvalue weighted by Gasteiger charge is -2.13. The number of nitrogens with zero attached hydrogens (tertiary/aromatic N) is 2. The fourth-order valence-electron chi connectivity index (χ4n) is 1.93. The zero-order valence-corrected chi connectivity index (χ0v) is 17.7. The second-order valence-corrected chi connectivity index (χ2v) is 8.84. The smallest absolute Gasteiger partial charge is 0.359 e. The lowest BCUT2D eigenvalue weighted by molar-refractivity contribution is -0.119. The number of halogens is 3. The van der Waals surface area contributed by atoms with Gasteiger partial charge in [-0.05, 0) is 18.2 Å². The van der Waals surface area contributed by atoms with Gasteiger partial charge in [0.15, 0.2) is 12.3 Å². The van der Waals surface area contributed by atoms with Crippen LogP contribution in [0.3, 0.4) is 0 Å². The summed E-state index contributed by atoms with van der Waals surface area (Å²) in [6, 6.07) is 5.64. The number of aromatic nitrogens is 1. The lowest BCUT2D eigenvalue weighted by atomic mass is 10.3. The number of ether oxygens (including phenoxy) is 1. The van der Waals surface area contributed by atoms with Crippen molar-refractivity contribution in [1.29, 1.82) is 0 Å². The molecule has 2 rings (SSSR count). The van der Waals surface area contributed by atoms with E-state index in [2.05, 4.69) is 10.3 Å². The van der Waals surface area contributed by atoms with E-state index in [4.69, 9.17) is 39.5 Å². The average Bonchev–Trinajstić information content (AvgIpc) is 2.64. The van der Waals surface area contributed by atoms with Crippen LogP contribution in [0.4, 0.5) is 5.69 Å². The Labute approximate surface area is 176 Å². The Bertz CT molecular complexity index is 1030. The highest BCUT2D eigenvalue weighted by Gasteiger charge is 2.20. The number of nitrogens with one attached hydrogen (secondary N) is 1. The molecule has 0 aliphatic rings. The number of carbonyl (C=O) groups excluding carboxylic acids is 2. The molecule has 1 aromatic heterocycles. The van der Waals surface area contributed by atoms with E-state index in [1.807, 2.05) is 0 Å². The Balaban J connectivity index is 2.04. The number of anilines is 1. The first-order valence-electron chi connectivity index (χ1n) is 7.53. The van der Waals surface area contributed by atoms with E-state index >= 15 is 0 Å². The molecule has 2 aromatic rings. The van der Waals surface area contributed by atoms with Crippen molar-refractivity contribution in [3.63, 3.8) is 0 Å². The van der Waals surface area contributed by atoms with Crippen molar-refractivity contribution < 1.29 is 22.7 Å². The summed E-state index contributed by atoms with van der Waals surface area (Å²) in [4.78, 5) is 27.7. The number of esters is 1. The Morgan fingerprint density at radius 3 is 2.50 bits per heavy atom. The molecule has 150 valence electrons. The number of rotatable bonds is 6. The molecule has 1 N–H and O–H groups in total. The van der Waals surface area contributed by atoms with Crippen molar-refractivity contribution >= 4 is 62.4 Å². The number of benzene rings is 1. The van der Waals surface area contributed by atoms with E-state index < -0.39 is 28.5 Å². The van der Waals surface area contributed by atoms with E-state index in [0.717, 1.165) is 10.5 Å². The second kappa shape index (κ2) is 9.06. The predicted octanol–water partition coefficient (Wildman–Crippen LogP) is 3.09. The molecule has 0 saturated heterocycles. The van der Waals surface area contributed by atoms with Crippen LogP contribution < -0.4 is 5.32 Å². The summed E-state index contributed by atoms with van der Waals surface area (Å²) in [6.45, 7) is -0.651. The van der Waals surface area contributed by atoms with Crippen LogP contribution in [-0.4, -0.2) is 50.3 Å². The third-order valence-electron chi connectivity index (χ3n) is 3.34. The van der Waals surface area contributed by atoms with Gasteiger partial charge in [0.2, 0.25) is 10.0 Å². The Kier molecular flexibility index (Phi) is 7.24. The molecule has 0 bridgehead atoms. The zero-order valence-electron chi connectivity index (χ0n) is 14.6.